The van der Waals surface area contributed by atoms with Gasteiger partial charge in [-0.2, -0.15) is 52.7 Å². The SMILES string of the molecule is CCC(=O)CCc1ccc(N2CCC(c3cc(C(F)(F)F)cc(C(F)(F)F)c3)(C(F)(F)F)C2)nc1C(F)(F)F. The highest BCUT2D eigenvalue weighted by Crippen LogP contribution is 2.50. The lowest BCUT2D eigenvalue weighted by molar-refractivity contribution is -0.185. The van der Waals surface area contributed by atoms with Crippen molar-refractivity contribution < 1.29 is 57.5 Å². The fourth-order valence-corrected chi connectivity index (χ4v) is 4.42. The van der Waals surface area contributed by atoms with Crippen LogP contribution in [-0.4, -0.2) is 30.0 Å². The van der Waals surface area contributed by atoms with Crippen LogP contribution in [0.2, 0.25) is 0 Å². The van der Waals surface area contributed by atoms with Gasteiger partial charge in [-0.3, -0.25) is 4.79 Å². The van der Waals surface area contributed by atoms with Gasteiger partial charge in [-0.15, -0.1) is 0 Å². The average molecular weight is 580 g/mol. The molecule has 2 aromatic rings. The molecule has 1 aromatic heterocycles. The first kappa shape index (κ1) is 30.5. The van der Waals surface area contributed by atoms with Crippen LogP contribution in [0.4, 0.5) is 58.5 Å². The van der Waals surface area contributed by atoms with Crippen molar-refractivity contribution in [3.63, 3.8) is 0 Å². The van der Waals surface area contributed by atoms with Gasteiger partial charge in [0.15, 0.2) is 0 Å². The highest BCUT2D eigenvalue weighted by molar-refractivity contribution is 5.78. The van der Waals surface area contributed by atoms with E-state index in [-0.39, 0.29) is 48.8 Å². The van der Waals surface area contributed by atoms with E-state index < -0.39 is 77.8 Å². The summed E-state index contributed by atoms with van der Waals surface area (Å²) in [5.74, 6) is -0.928. The first-order chi connectivity index (χ1) is 17.7. The van der Waals surface area contributed by atoms with Crippen molar-refractivity contribution >= 4 is 11.6 Å². The Bertz CT molecular complexity index is 1180. The summed E-state index contributed by atoms with van der Waals surface area (Å²) in [7, 11) is 0. The largest absolute Gasteiger partial charge is 0.433 e. The maximum Gasteiger partial charge on any atom is 0.433 e. The lowest BCUT2D eigenvalue weighted by atomic mass is 9.77. The Morgan fingerprint density at radius 3 is 1.90 bits per heavy atom. The van der Waals surface area contributed by atoms with E-state index in [4.69, 9.17) is 0 Å². The van der Waals surface area contributed by atoms with E-state index in [2.05, 4.69) is 4.98 Å². The number of carbonyl (C=O) groups excluding carboxylic acids is 1. The van der Waals surface area contributed by atoms with Crippen LogP contribution in [0, 0.1) is 0 Å². The van der Waals surface area contributed by atoms with Crippen molar-refractivity contribution in [3.8, 4) is 0 Å². The van der Waals surface area contributed by atoms with Crippen LogP contribution in [0.25, 0.3) is 0 Å². The number of halogens is 12. The molecule has 1 saturated heterocycles. The summed E-state index contributed by atoms with van der Waals surface area (Å²) in [5.41, 5.74) is -10.3. The predicted molar refractivity (Wildman–Crippen MR) is 114 cm³/mol. The Morgan fingerprint density at radius 1 is 0.872 bits per heavy atom. The van der Waals surface area contributed by atoms with Crippen LogP contribution in [0.3, 0.4) is 0 Å². The Labute approximate surface area is 213 Å². The summed E-state index contributed by atoms with van der Waals surface area (Å²) in [6, 6.07) is 1.57. The number of anilines is 1. The highest BCUT2D eigenvalue weighted by atomic mass is 19.4. The first-order valence-electron chi connectivity index (χ1n) is 11.4. The molecule has 0 spiro atoms. The van der Waals surface area contributed by atoms with Crippen molar-refractivity contribution in [1.82, 2.24) is 4.98 Å². The van der Waals surface area contributed by atoms with Crippen LogP contribution in [0.5, 0.6) is 0 Å². The molecule has 216 valence electrons. The molecule has 0 saturated carbocycles. The number of hydrogen-bond acceptors (Lipinski definition) is 3. The molecule has 3 nitrogen and oxygen atoms in total. The maximum atomic E-state index is 14.4. The highest BCUT2D eigenvalue weighted by Gasteiger charge is 2.60. The normalized spacial score (nSPS) is 19.1. The van der Waals surface area contributed by atoms with Gasteiger partial charge < -0.3 is 4.90 Å². The number of benzene rings is 1. The van der Waals surface area contributed by atoms with E-state index in [1.54, 1.807) is 0 Å². The number of hydrogen-bond donors (Lipinski definition) is 0. The zero-order valence-corrected chi connectivity index (χ0v) is 20.0. The Morgan fingerprint density at radius 2 is 1.44 bits per heavy atom. The van der Waals surface area contributed by atoms with Gasteiger partial charge in [0, 0.05) is 25.9 Å². The number of ketones is 1. The van der Waals surface area contributed by atoms with Crippen LogP contribution >= 0.6 is 0 Å². The van der Waals surface area contributed by atoms with Crippen molar-refractivity contribution in [1.29, 1.82) is 0 Å². The van der Waals surface area contributed by atoms with Crippen LogP contribution in [-0.2, 0) is 35.2 Å². The molecule has 1 fully saturated rings. The lowest BCUT2D eigenvalue weighted by Crippen LogP contribution is -2.45. The Kier molecular flexibility index (Phi) is 7.98. The molecule has 2 heterocycles. The molecule has 0 N–H and O–H groups in total. The fraction of sp³-hybridized carbons (Fsp3) is 0.500. The second-order valence-corrected chi connectivity index (χ2v) is 9.11. The van der Waals surface area contributed by atoms with Crippen molar-refractivity contribution in [3.05, 3.63) is 58.3 Å². The molecule has 1 aromatic carbocycles. The smallest absolute Gasteiger partial charge is 0.355 e. The molecule has 15 heteroatoms. The van der Waals surface area contributed by atoms with Crippen LogP contribution in [0.1, 0.15) is 54.1 Å². The van der Waals surface area contributed by atoms with E-state index in [9.17, 15) is 57.5 Å². The van der Waals surface area contributed by atoms with Gasteiger partial charge in [-0.25, -0.2) is 4.98 Å². The van der Waals surface area contributed by atoms with Gasteiger partial charge in [0.05, 0.1) is 11.1 Å². The zero-order valence-electron chi connectivity index (χ0n) is 20.0. The summed E-state index contributed by atoms with van der Waals surface area (Å²) in [5, 5.41) is 0. The third kappa shape index (κ3) is 6.43. The molecule has 0 aliphatic carbocycles. The minimum absolute atomic E-state index is 0.0192. The van der Waals surface area contributed by atoms with Crippen molar-refractivity contribution in [2.24, 2.45) is 0 Å². The maximum absolute atomic E-state index is 14.4. The van der Waals surface area contributed by atoms with Gasteiger partial charge in [-0.05, 0) is 48.2 Å². The Balaban J connectivity index is 2.09. The molecule has 1 atom stereocenters. The van der Waals surface area contributed by atoms with Crippen LogP contribution in [0.15, 0.2) is 30.3 Å². The first-order valence-corrected chi connectivity index (χ1v) is 11.4. The number of carbonyl (C=O) groups is 1. The minimum Gasteiger partial charge on any atom is -0.355 e. The summed E-state index contributed by atoms with van der Waals surface area (Å²) >= 11 is 0. The van der Waals surface area contributed by atoms with Crippen LogP contribution < -0.4 is 4.90 Å². The average Bonchev–Trinajstić information content (AvgIpc) is 3.27. The van der Waals surface area contributed by atoms with E-state index in [1.807, 2.05) is 0 Å². The predicted octanol–water partition coefficient (Wildman–Crippen LogP) is 7.76. The molecule has 39 heavy (non-hydrogen) atoms. The summed E-state index contributed by atoms with van der Waals surface area (Å²) < 4.78 is 164. The van der Waals surface area contributed by atoms with E-state index in [1.165, 1.54) is 6.92 Å². The summed E-state index contributed by atoms with van der Waals surface area (Å²) in [6.45, 7) is -0.418. The van der Waals surface area contributed by atoms with Gasteiger partial charge in [-0.1, -0.05) is 13.0 Å². The molecule has 0 bridgehead atoms. The van der Waals surface area contributed by atoms with E-state index in [0.717, 1.165) is 17.0 Å². The number of rotatable bonds is 6. The third-order valence-electron chi connectivity index (χ3n) is 6.58. The van der Waals surface area contributed by atoms with Gasteiger partial charge in [0.1, 0.15) is 22.7 Å². The fourth-order valence-electron chi connectivity index (χ4n) is 4.42. The standard InChI is InChI=1S/C24H20F12N2O/c1-2-17(39)5-3-13-4-6-18(37-19(13)23(31,32)33)38-8-7-20(12-38,24(34,35)36)14-9-15(21(25,26)27)11-16(10-14)22(28,29)30/h4,6,9-11H,2-3,5,7-8,12H2,1H3. The molecule has 0 amide bonds. The second-order valence-electron chi connectivity index (χ2n) is 9.11. The van der Waals surface area contributed by atoms with E-state index in [0.29, 0.717) is 0 Å². The Hall–Kier alpha value is -3.00. The molecular formula is C24H20F12N2O. The lowest BCUT2D eigenvalue weighted by Gasteiger charge is -2.33. The number of nitrogens with zero attached hydrogens (tertiary/aromatic N) is 2. The van der Waals surface area contributed by atoms with Crippen molar-refractivity contribution in [2.75, 3.05) is 18.0 Å². The van der Waals surface area contributed by atoms with Gasteiger partial charge in [0.2, 0.25) is 0 Å². The molecule has 1 unspecified atom stereocenters. The number of aryl methyl sites for hydroxylation is 1. The quantitative estimate of drug-likeness (QED) is 0.328. The summed E-state index contributed by atoms with van der Waals surface area (Å²) in [6.07, 6.45) is -22.8. The van der Waals surface area contributed by atoms with Gasteiger partial charge >= 0.3 is 24.7 Å². The second kappa shape index (κ2) is 10.2. The monoisotopic (exact) mass is 580 g/mol. The zero-order chi connectivity index (χ0) is 29.6. The van der Waals surface area contributed by atoms with Gasteiger partial charge in [0.25, 0.3) is 0 Å². The number of aromatic nitrogens is 1. The molecule has 0 radical (unpaired) electrons. The molecule has 1 aliphatic heterocycles. The molecular weight excluding hydrogens is 560 g/mol. The third-order valence-corrected chi connectivity index (χ3v) is 6.58. The summed E-state index contributed by atoms with van der Waals surface area (Å²) in [4.78, 5) is 15.7. The number of Topliss-reactive ketones (excluding diaryl/α,β-unsaturated/α-hetero) is 1. The topological polar surface area (TPSA) is 33.2 Å². The number of alkyl halides is 12. The molecule has 1 aliphatic rings. The number of pyridine rings is 1. The molecule has 3 rings (SSSR count). The minimum atomic E-state index is -5.40. The van der Waals surface area contributed by atoms with E-state index >= 15 is 0 Å². The van der Waals surface area contributed by atoms with Crippen molar-refractivity contribution in [2.45, 2.75) is 62.7 Å².